The Morgan fingerprint density at radius 1 is 1.10 bits per heavy atom. The molecule has 0 radical (unpaired) electrons. The third-order valence-corrected chi connectivity index (χ3v) is 7.17. The molecule has 1 amide bonds. The number of amides is 1. The molecular formula is C23H23N3O2S. The summed E-state index contributed by atoms with van der Waals surface area (Å²) in [6, 6.07) is 10.3. The van der Waals surface area contributed by atoms with E-state index in [1.54, 1.807) is 4.57 Å². The van der Waals surface area contributed by atoms with Crippen LogP contribution < -0.4 is 5.56 Å². The Balaban J connectivity index is 1.46. The van der Waals surface area contributed by atoms with Crippen LogP contribution in [0.3, 0.4) is 0 Å². The molecule has 0 bridgehead atoms. The maximum Gasteiger partial charge on any atom is 0.264 e. The molecule has 3 aromatic rings. The van der Waals surface area contributed by atoms with Crippen molar-refractivity contribution in [2.24, 2.45) is 0 Å². The topological polar surface area (TPSA) is 55.2 Å². The average Bonchev–Trinajstić information content (AvgIpc) is 3.10. The van der Waals surface area contributed by atoms with Crippen molar-refractivity contribution in [2.75, 3.05) is 13.1 Å². The normalized spacial score (nSPS) is 16.6. The standard InChI is InChI=1S/C23H23N3O2S/c1-15-19-21(24-18-9-5-6-12-26(18)22(19)27)29-20(15)23(28)25-13-10-17(11-14-25)16-7-3-2-4-8-16/h2-4,7-8,10H,5-6,9,11-14H2,1H3. The molecule has 0 saturated heterocycles. The number of aromatic nitrogens is 2. The summed E-state index contributed by atoms with van der Waals surface area (Å²) in [6.07, 6.45) is 5.90. The number of nitrogens with zero attached hydrogens (tertiary/aromatic N) is 3. The van der Waals surface area contributed by atoms with E-state index in [1.165, 1.54) is 22.5 Å². The average molecular weight is 406 g/mol. The maximum absolute atomic E-state index is 13.2. The molecule has 0 atom stereocenters. The second kappa shape index (κ2) is 7.26. The van der Waals surface area contributed by atoms with Crippen LogP contribution in [0.15, 0.2) is 41.2 Å². The van der Waals surface area contributed by atoms with Crippen molar-refractivity contribution in [3.63, 3.8) is 0 Å². The molecule has 2 aromatic heterocycles. The highest BCUT2D eigenvalue weighted by atomic mass is 32.1. The van der Waals surface area contributed by atoms with Gasteiger partial charge in [0.2, 0.25) is 0 Å². The Labute approximate surface area is 173 Å². The lowest BCUT2D eigenvalue weighted by atomic mass is 9.99. The van der Waals surface area contributed by atoms with Gasteiger partial charge in [0.25, 0.3) is 11.5 Å². The first-order valence-corrected chi connectivity index (χ1v) is 11.0. The zero-order chi connectivity index (χ0) is 20.0. The Kier molecular flexibility index (Phi) is 4.59. The number of carbonyl (C=O) groups excluding carboxylic acids is 1. The summed E-state index contributed by atoms with van der Waals surface area (Å²) < 4.78 is 1.80. The van der Waals surface area contributed by atoms with Gasteiger partial charge in [0, 0.05) is 26.1 Å². The lowest BCUT2D eigenvalue weighted by Gasteiger charge is -2.26. The number of thiophene rings is 1. The Hall–Kier alpha value is -2.73. The van der Waals surface area contributed by atoms with Crippen molar-refractivity contribution in [1.82, 2.24) is 14.5 Å². The number of benzene rings is 1. The van der Waals surface area contributed by atoms with E-state index in [2.05, 4.69) is 18.2 Å². The molecule has 0 unspecified atom stereocenters. The van der Waals surface area contributed by atoms with Crippen molar-refractivity contribution >= 4 is 33.0 Å². The number of aryl methyl sites for hydroxylation is 2. The van der Waals surface area contributed by atoms with Gasteiger partial charge in [0.15, 0.2) is 0 Å². The SMILES string of the molecule is Cc1c(C(=O)N2CC=C(c3ccccc3)CC2)sc2nc3n(c(=O)c12)CCCC3. The number of hydrogen-bond donors (Lipinski definition) is 0. The van der Waals surface area contributed by atoms with E-state index in [4.69, 9.17) is 4.98 Å². The van der Waals surface area contributed by atoms with Crippen molar-refractivity contribution in [2.45, 2.75) is 39.2 Å². The Morgan fingerprint density at radius 2 is 1.93 bits per heavy atom. The summed E-state index contributed by atoms with van der Waals surface area (Å²) in [6.45, 7) is 3.91. The minimum atomic E-state index is 0.0104. The number of hydrogen-bond acceptors (Lipinski definition) is 4. The third kappa shape index (κ3) is 3.12. The van der Waals surface area contributed by atoms with Gasteiger partial charge >= 0.3 is 0 Å². The predicted molar refractivity (Wildman–Crippen MR) is 116 cm³/mol. The van der Waals surface area contributed by atoms with Gasteiger partial charge in [-0.15, -0.1) is 11.3 Å². The molecule has 1 aromatic carbocycles. The van der Waals surface area contributed by atoms with Gasteiger partial charge in [0.1, 0.15) is 10.7 Å². The van der Waals surface area contributed by atoms with Crippen molar-refractivity contribution in [3.8, 4) is 0 Å². The van der Waals surface area contributed by atoms with Crippen LogP contribution in [-0.4, -0.2) is 33.4 Å². The van der Waals surface area contributed by atoms with Crippen LogP contribution in [-0.2, 0) is 13.0 Å². The number of fused-ring (bicyclic) bond motifs is 2. The highest BCUT2D eigenvalue weighted by molar-refractivity contribution is 7.20. The number of rotatable bonds is 2. The van der Waals surface area contributed by atoms with E-state index in [0.29, 0.717) is 28.2 Å². The monoisotopic (exact) mass is 405 g/mol. The fourth-order valence-corrected chi connectivity index (χ4v) is 5.51. The van der Waals surface area contributed by atoms with Crippen LogP contribution in [0.5, 0.6) is 0 Å². The summed E-state index contributed by atoms with van der Waals surface area (Å²) in [5, 5.41) is 0.626. The van der Waals surface area contributed by atoms with Crippen LogP contribution >= 0.6 is 11.3 Å². The zero-order valence-electron chi connectivity index (χ0n) is 16.5. The lowest BCUT2D eigenvalue weighted by Crippen LogP contribution is -2.34. The first-order chi connectivity index (χ1) is 14.1. The molecule has 6 heteroatoms. The Morgan fingerprint density at radius 3 is 2.69 bits per heavy atom. The van der Waals surface area contributed by atoms with Gasteiger partial charge in [-0.3, -0.25) is 14.2 Å². The lowest BCUT2D eigenvalue weighted by molar-refractivity contribution is 0.0777. The fraction of sp³-hybridized carbons (Fsp3) is 0.348. The van der Waals surface area contributed by atoms with E-state index >= 15 is 0 Å². The van der Waals surface area contributed by atoms with Gasteiger partial charge in [-0.25, -0.2) is 4.98 Å². The van der Waals surface area contributed by atoms with E-state index < -0.39 is 0 Å². The van der Waals surface area contributed by atoms with E-state index in [-0.39, 0.29) is 11.5 Å². The van der Waals surface area contributed by atoms with Crippen molar-refractivity contribution in [3.05, 3.63) is 68.6 Å². The quantitative estimate of drug-likeness (QED) is 0.647. The molecule has 0 spiro atoms. The molecule has 148 valence electrons. The summed E-state index contributed by atoms with van der Waals surface area (Å²) in [5.41, 5.74) is 3.31. The fourth-order valence-electron chi connectivity index (χ4n) is 4.35. The summed E-state index contributed by atoms with van der Waals surface area (Å²) in [7, 11) is 0. The van der Waals surface area contributed by atoms with Gasteiger partial charge in [-0.2, -0.15) is 0 Å². The Bertz CT molecular complexity index is 1190. The minimum Gasteiger partial charge on any atom is -0.334 e. The minimum absolute atomic E-state index is 0.0104. The molecule has 0 saturated carbocycles. The number of carbonyl (C=O) groups is 1. The van der Waals surface area contributed by atoms with Crippen LogP contribution in [0.25, 0.3) is 15.8 Å². The predicted octanol–water partition coefficient (Wildman–Crippen LogP) is 4.03. The largest absolute Gasteiger partial charge is 0.334 e. The van der Waals surface area contributed by atoms with Crippen LogP contribution in [0.1, 0.15) is 45.9 Å². The highest BCUT2D eigenvalue weighted by Crippen LogP contribution is 2.31. The first-order valence-electron chi connectivity index (χ1n) is 10.2. The van der Waals surface area contributed by atoms with Gasteiger partial charge in [0.05, 0.1) is 10.3 Å². The van der Waals surface area contributed by atoms with E-state index in [0.717, 1.165) is 43.6 Å². The highest BCUT2D eigenvalue weighted by Gasteiger charge is 2.26. The molecule has 29 heavy (non-hydrogen) atoms. The molecule has 5 rings (SSSR count). The molecule has 0 aliphatic carbocycles. The molecular weight excluding hydrogens is 382 g/mol. The van der Waals surface area contributed by atoms with Gasteiger partial charge in [-0.1, -0.05) is 36.4 Å². The van der Waals surface area contributed by atoms with Crippen LogP contribution in [0.4, 0.5) is 0 Å². The molecule has 4 heterocycles. The zero-order valence-corrected chi connectivity index (χ0v) is 17.3. The smallest absolute Gasteiger partial charge is 0.264 e. The van der Waals surface area contributed by atoms with Crippen molar-refractivity contribution in [1.29, 1.82) is 0 Å². The molecule has 0 fully saturated rings. The van der Waals surface area contributed by atoms with Gasteiger partial charge in [-0.05, 0) is 42.9 Å². The molecule has 2 aliphatic heterocycles. The van der Waals surface area contributed by atoms with Crippen molar-refractivity contribution < 1.29 is 4.79 Å². The summed E-state index contributed by atoms with van der Waals surface area (Å²) >= 11 is 1.37. The first kappa shape index (κ1) is 18.3. The van der Waals surface area contributed by atoms with E-state index in [1.807, 2.05) is 30.0 Å². The third-order valence-electron chi connectivity index (χ3n) is 6.00. The molecule has 5 nitrogen and oxygen atoms in total. The summed E-state index contributed by atoms with van der Waals surface area (Å²) in [5.74, 6) is 0.874. The van der Waals surface area contributed by atoms with E-state index in [9.17, 15) is 9.59 Å². The van der Waals surface area contributed by atoms with Crippen LogP contribution in [0, 0.1) is 6.92 Å². The van der Waals surface area contributed by atoms with Crippen LogP contribution in [0.2, 0.25) is 0 Å². The second-order valence-electron chi connectivity index (χ2n) is 7.77. The molecule has 2 aliphatic rings. The summed E-state index contributed by atoms with van der Waals surface area (Å²) in [4.78, 5) is 34.2. The van der Waals surface area contributed by atoms with Gasteiger partial charge < -0.3 is 4.90 Å². The second-order valence-corrected chi connectivity index (χ2v) is 8.77. The maximum atomic E-state index is 13.2. The molecule has 0 N–H and O–H groups in total.